The molecule has 1 aromatic heterocycles. The van der Waals surface area contributed by atoms with Crippen molar-refractivity contribution in [3.63, 3.8) is 0 Å². The lowest BCUT2D eigenvalue weighted by Crippen LogP contribution is -2.55. The number of aromatic carboxylic acids is 1. The number of benzene rings is 3. The van der Waals surface area contributed by atoms with E-state index in [4.69, 9.17) is 21.4 Å². The molecule has 10 rings (SSSR count). The first-order chi connectivity index (χ1) is 33.0. The number of thiophene rings is 1. The predicted octanol–water partition coefficient (Wildman–Crippen LogP) is 7.64. The zero-order valence-electron chi connectivity index (χ0n) is 37.6. The van der Waals surface area contributed by atoms with Crippen LogP contribution >= 0.6 is 34.7 Å². The number of sulfonamides is 1. The SMILES string of the molecule is CC1(C)CC(Nc2cccc(-c3sc(C(=O)O)c(OCC(=O)O)c3Cl)c2)CCN1S(=O)(=O)CC1=CC2SC(N3CCC(c4ccc5c6c(cccc46)C(=O)N5C4CCC(=O)NC4=O)CC3)=CN2C=C1. The molecule has 3 unspecified atom stereocenters. The normalized spacial score (nSPS) is 22.7. The molecule has 3 saturated heterocycles. The Morgan fingerprint density at radius 3 is 2.52 bits per heavy atom. The number of thioether (sulfide) groups is 1. The van der Waals surface area contributed by atoms with Crippen molar-refractivity contribution >= 4 is 96.5 Å². The van der Waals surface area contributed by atoms with Gasteiger partial charge in [-0.25, -0.2) is 18.0 Å². The number of carbonyl (C=O) groups is 5. The molecule has 69 heavy (non-hydrogen) atoms. The molecule has 4 aromatic rings. The van der Waals surface area contributed by atoms with Gasteiger partial charge in [-0.1, -0.05) is 53.7 Å². The number of carboxylic acids is 2. The fraction of sp³-hybridized carbons (Fsp3) is 0.367. The third kappa shape index (κ3) is 8.87. The Hall–Kier alpha value is -5.86. The van der Waals surface area contributed by atoms with Crippen LogP contribution in [0.4, 0.5) is 11.4 Å². The van der Waals surface area contributed by atoms with Crippen LogP contribution in [-0.4, -0.2) is 117 Å². The minimum absolute atomic E-state index is 0.0160. The number of carboxylic acid groups (broad SMARTS) is 2. The predicted molar refractivity (Wildman–Crippen MR) is 265 cm³/mol. The maximum atomic E-state index is 14.2. The molecule has 20 heteroatoms. The number of rotatable bonds is 13. The Balaban J connectivity index is 0.748. The number of halogens is 1. The van der Waals surface area contributed by atoms with Crippen LogP contribution in [0.3, 0.4) is 0 Å². The van der Waals surface area contributed by atoms with Crippen molar-refractivity contribution in [1.82, 2.24) is 19.4 Å². The minimum Gasteiger partial charge on any atom is -0.479 e. The van der Waals surface area contributed by atoms with E-state index in [1.54, 1.807) is 33.1 Å². The summed E-state index contributed by atoms with van der Waals surface area (Å²) in [6, 6.07) is 16.3. The Bertz CT molecular complexity index is 3050. The van der Waals surface area contributed by atoms with Crippen molar-refractivity contribution in [2.75, 3.05) is 42.2 Å². The summed E-state index contributed by atoms with van der Waals surface area (Å²) in [5.74, 6) is -3.57. The van der Waals surface area contributed by atoms with E-state index in [0.29, 0.717) is 41.1 Å². The second-order valence-corrected chi connectivity index (χ2v) is 23.2. The molecule has 4 N–H and O–H groups in total. The number of nitrogens with one attached hydrogen (secondary N) is 2. The highest BCUT2D eigenvalue weighted by Gasteiger charge is 2.44. The van der Waals surface area contributed by atoms with Gasteiger partial charge in [-0.05, 0) is 110 Å². The van der Waals surface area contributed by atoms with Crippen LogP contribution in [0, 0.1) is 0 Å². The molecule has 6 aliphatic heterocycles. The van der Waals surface area contributed by atoms with Gasteiger partial charge in [0.25, 0.3) is 5.91 Å². The van der Waals surface area contributed by atoms with E-state index in [-0.39, 0.29) is 63.4 Å². The van der Waals surface area contributed by atoms with Crippen molar-refractivity contribution in [3.8, 4) is 16.2 Å². The fourth-order valence-corrected chi connectivity index (χ4v) is 15.3. The van der Waals surface area contributed by atoms with Gasteiger partial charge in [-0.3, -0.25) is 24.6 Å². The number of carbonyl (C=O) groups excluding carboxylic acids is 3. The molecule has 3 aromatic carbocycles. The van der Waals surface area contributed by atoms with Crippen LogP contribution in [0.1, 0.15) is 83.9 Å². The molecule has 0 saturated carbocycles. The summed E-state index contributed by atoms with van der Waals surface area (Å²) in [7, 11) is -3.71. The molecule has 3 amide bonds. The smallest absolute Gasteiger partial charge is 0.349 e. The van der Waals surface area contributed by atoms with Crippen molar-refractivity contribution in [1.29, 1.82) is 0 Å². The van der Waals surface area contributed by atoms with Crippen LogP contribution in [0.25, 0.3) is 21.2 Å². The first kappa shape index (κ1) is 46.8. The number of amides is 3. The number of ether oxygens (including phenoxy) is 1. The van der Waals surface area contributed by atoms with E-state index >= 15 is 0 Å². The van der Waals surface area contributed by atoms with Gasteiger partial charge in [0.1, 0.15) is 16.4 Å². The monoisotopic (exact) mass is 1010 g/mol. The number of piperidine rings is 3. The second kappa shape index (κ2) is 18.1. The van der Waals surface area contributed by atoms with Gasteiger partial charge in [0.15, 0.2) is 17.2 Å². The maximum Gasteiger partial charge on any atom is 0.349 e. The number of hydrogen-bond acceptors (Lipinski definition) is 13. The molecule has 0 bridgehead atoms. The molecule has 0 radical (unpaired) electrons. The Kier molecular flexibility index (Phi) is 12.3. The number of imide groups is 1. The number of allylic oxidation sites excluding steroid dienone is 1. The summed E-state index contributed by atoms with van der Waals surface area (Å²) in [4.78, 5) is 67.8. The zero-order chi connectivity index (χ0) is 48.5. The van der Waals surface area contributed by atoms with Gasteiger partial charge in [-0.15, -0.1) is 11.3 Å². The third-order valence-corrected chi connectivity index (χ3v) is 18.7. The quantitative estimate of drug-likeness (QED) is 0.0951. The first-order valence-electron chi connectivity index (χ1n) is 22.8. The highest BCUT2D eigenvalue weighted by Crippen LogP contribution is 2.48. The molecule has 3 atom stereocenters. The van der Waals surface area contributed by atoms with E-state index in [0.717, 1.165) is 64.3 Å². The van der Waals surface area contributed by atoms with Gasteiger partial charge < -0.3 is 30.1 Å². The average molecular weight is 1010 g/mol. The van der Waals surface area contributed by atoms with E-state index < -0.39 is 46.1 Å². The lowest BCUT2D eigenvalue weighted by molar-refractivity contribution is -0.139. The zero-order valence-corrected chi connectivity index (χ0v) is 40.9. The molecule has 360 valence electrons. The van der Waals surface area contributed by atoms with Crippen molar-refractivity contribution in [3.05, 3.63) is 111 Å². The second-order valence-electron chi connectivity index (χ2n) is 18.7. The minimum atomic E-state index is -3.71. The molecule has 7 heterocycles. The average Bonchev–Trinajstić information content (AvgIpc) is 3.97. The van der Waals surface area contributed by atoms with Gasteiger partial charge >= 0.3 is 11.9 Å². The summed E-state index contributed by atoms with van der Waals surface area (Å²) >= 11 is 9.15. The Labute approximate surface area is 411 Å². The largest absolute Gasteiger partial charge is 0.479 e. The van der Waals surface area contributed by atoms with E-state index in [2.05, 4.69) is 38.8 Å². The van der Waals surface area contributed by atoms with Crippen molar-refractivity contribution in [2.45, 2.75) is 81.3 Å². The van der Waals surface area contributed by atoms with Crippen LogP contribution in [0.2, 0.25) is 5.02 Å². The molecule has 16 nitrogen and oxygen atoms in total. The van der Waals surface area contributed by atoms with Gasteiger partial charge in [-0.2, -0.15) is 4.31 Å². The van der Waals surface area contributed by atoms with E-state index in [9.17, 15) is 37.5 Å². The maximum absolute atomic E-state index is 14.2. The lowest BCUT2D eigenvalue weighted by Gasteiger charge is -2.45. The number of nitrogens with zero attached hydrogens (tertiary/aromatic N) is 4. The summed E-state index contributed by atoms with van der Waals surface area (Å²) in [6.07, 6.45) is 11.4. The van der Waals surface area contributed by atoms with Crippen molar-refractivity contribution in [2.24, 2.45) is 0 Å². The topological polar surface area (TPSA) is 206 Å². The number of anilines is 2. The number of likely N-dealkylation sites (tertiary alicyclic amines) is 1. The lowest BCUT2D eigenvalue weighted by atomic mass is 9.85. The van der Waals surface area contributed by atoms with E-state index in [1.165, 1.54) is 5.56 Å². The van der Waals surface area contributed by atoms with Crippen molar-refractivity contribution < 1.29 is 47.3 Å². The highest BCUT2D eigenvalue weighted by molar-refractivity contribution is 8.03. The highest BCUT2D eigenvalue weighted by atomic mass is 35.5. The third-order valence-electron chi connectivity index (χ3n) is 13.8. The number of fused-ring (bicyclic) bond motifs is 1. The standard InChI is InChI=1S/C49H49ClN6O10S3/c1-49(2)23-31(51-30-6-3-5-29(22-30)44-42(50)43(66-25-40(58)59)45(68-44)48(62)63)16-20-55(49)69(64,65)26-27-13-17-54-24-39(67-38(54)21-27)53-18-14-28(15-19-53)32-9-10-35-41-33(32)7-4-8-34(41)47(61)56(35)36-11-12-37(57)52-46(36)60/h3-10,13,17,21-22,24,28,31,36,38,51H,11-12,14-16,18-20,23,25-26H2,1-2H3,(H,58,59)(H,62,63)(H,52,57,60). The molecular formula is C49H49ClN6O10S3. The Morgan fingerprint density at radius 1 is 1.00 bits per heavy atom. The first-order valence-corrected chi connectivity index (χ1v) is 26.4. The summed E-state index contributed by atoms with van der Waals surface area (Å²) in [5, 5.41) is 27.7. The molecule has 0 aliphatic carbocycles. The van der Waals surface area contributed by atoms with Gasteiger partial charge in [0.2, 0.25) is 21.8 Å². The van der Waals surface area contributed by atoms with E-state index in [1.807, 2.05) is 62.5 Å². The number of hydrogen-bond donors (Lipinski definition) is 4. The molecule has 6 aliphatic rings. The van der Waals surface area contributed by atoms with Crippen LogP contribution in [0.5, 0.6) is 5.75 Å². The molecule has 0 spiro atoms. The van der Waals surface area contributed by atoms with Crippen LogP contribution in [-0.2, 0) is 24.4 Å². The molecule has 3 fully saturated rings. The van der Waals surface area contributed by atoms with Crippen LogP contribution in [0.15, 0.2) is 89.8 Å². The summed E-state index contributed by atoms with van der Waals surface area (Å²) in [6.45, 7) is 5.12. The molecular weight excluding hydrogens is 964 g/mol. The number of aliphatic carboxylic acids is 1. The summed E-state index contributed by atoms with van der Waals surface area (Å²) < 4.78 is 35.2. The fourth-order valence-electron chi connectivity index (χ4n) is 10.7. The van der Waals surface area contributed by atoms with Gasteiger partial charge in [0.05, 0.1) is 21.3 Å². The summed E-state index contributed by atoms with van der Waals surface area (Å²) in [5.41, 5.74) is 3.88. The Morgan fingerprint density at radius 2 is 1.78 bits per heavy atom. The van der Waals surface area contributed by atoms with Gasteiger partial charge in [0, 0.05) is 66.7 Å². The van der Waals surface area contributed by atoms with Crippen LogP contribution < -0.4 is 20.3 Å².